The van der Waals surface area contributed by atoms with Gasteiger partial charge in [0.2, 0.25) is 0 Å². The van der Waals surface area contributed by atoms with Crippen molar-refractivity contribution in [3.8, 4) is 23.0 Å². The average Bonchev–Trinajstić information content (AvgIpc) is 2.89. The standard InChI is InChI=1S/C17H14N4O2S/c1-11-16(13-5-3-12(9-18)4-6-13)17(22)21(20-11)15-8-7-14(10-19-15)24(2)23/h3-8,10,20H,1-2H3/t24-/m0/s1. The summed E-state index contributed by atoms with van der Waals surface area (Å²) in [6.45, 7) is 1.81. The molecule has 0 spiro atoms. The van der Waals surface area contributed by atoms with Gasteiger partial charge in [0.25, 0.3) is 5.56 Å². The van der Waals surface area contributed by atoms with E-state index in [1.165, 1.54) is 10.9 Å². The lowest BCUT2D eigenvalue weighted by Crippen LogP contribution is -2.17. The van der Waals surface area contributed by atoms with Crippen molar-refractivity contribution in [3.63, 3.8) is 0 Å². The molecule has 0 saturated carbocycles. The van der Waals surface area contributed by atoms with E-state index >= 15 is 0 Å². The van der Waals surface area contributed by atoms with E-state index < -0.39 is 10.8 Å². The number of nitrogens with one attached hydrogen (secondary N) is 1. The molecular formula is C17H14N4O2S. The molecular weight excluding hydrogens is 324 g/mol. The van der Waals surface area contributed by atoms with Crippen LogP contribution in [0.15, 0.2) is 52.3 Å². The first kappa shape index (κ1) is 15.9. The van der Waals surface area contributed by atoms with Crippen molar-refractivity contribution < 1.29 is 4.21 Å². The van der Waals surface area contributed by atoms with E-state index in [1.54, 1.807) is 49.6 Å². The highest BCUT2D eigenvalue weighted by atomic mass is 32.2. The Morgan fingerprint density at radius 3 is 2.46 bits per heavy atom. The number of hydrogen-bond donors (Lipinski definition) is 1. The van der Waals surface area contributed by atoms with Crippen LogP contribution < -0.4 is 5.56 Å². The molecule has 2 aromatic heterocycles. The molecule has 0 saturated heterocycles. The number of nitrogens with zero attached hydrogens (tertiary/aromatic N) is 3. The van der Waals surface area contributed by atoms with Crippen LogP contribution >= 0.6 is 0 Å². The summed E-state index contributed by atoms with van der Waals surface area (Å²) in [7, 11) is -1.12. The number of rotatable bonds is 3. The topological polar surface area (TPSA) is 91.5 Å². The minimum absolute atomic E-state index is 0.227. The van der Waals surface area contributed by atoms with Crippen LogP contribution in [0.4, 0.5) is 0 Å². The van der Waals surface area contributed by atoms with Crippen molar-refractivity contribution in [2.45, 2.75) is 11.8 Å². The zero-order valence-corrected chi connectivity index (χ0v) is 13.9. The van der Waals surface area contributed by atoms with Crippen molar-refractivity contribution >= 4 is 10.8 Å². The van der Waals surface area contributed by atoms with Gasteiger partial charge in [-0.25, -0.2) is 9.67 Å². The van der Waals surface area contributed by atoms with Gasteiger partial charge in [0.05, 0.1) is 32.9 Å². The van der Waals surface area contributed by atoms with E-state index in [2.05, 4.69) is 16.2 Å². The van der Waals surface area contributed by atoms with Crippen LogP contribution in [0.2, 0.25) is 0 Å². The Balaban J connectivity index is 2.07. The molecule has 2 heterocycles. The smallest absolute Gasteiger partial charge is 0.280 e. The second-order valence-electron chi connectivity index (χ2n) is 5.25. The van der Waals surface area contributed by atoms with E-state index in [9.17, 15) is 9.00 Å². The third-order valence-corrected chi connectivity index (χ3v) is 4.56. The van der Waals surface area contributed by atoms with E-state index in [0.717, 1.165) is 5.56 Å². The normalized spacial score (nSPS) is 11.9. The molecule has 1 aromatic carbocycles. The fraction of sp³-hybridized carbons (Fsp3) is 0.118. The minimum atomic E-state index is -1.12. The first-order valence-electron chi connectivity index (χ1n) is 7.13. The second-order valence-corrected chi connectivity index (χ2v) is 6.63. The van der Waals surface area contributed by atoms with E-state index in [4.69, 9.17) is 5.26 Å². The number of H-pyrrole nitrogens is 1. The predicted molar refractivity (Wildman–Crippen MR) is 91.4 cm³/mol. The molecule has 0 aliphatic rings. The third kappa shape index (κ3) is 2.79. The first-order chi connectivity index (χ1) is 11.5. The summed E-state index contributed by atoms with van der Waals surface area (Å²) in [5, 5.41) is 11.9. The molecule has 0 unspecified atom stereocenters. The van der Waals surface area contributed by atoms with Crippen LogP contribution in [-0.4, -0.2) is 25.2 Å². The Morgan fingerprint density at radius 2 is 1.92 bits per heavy atom. The molecule has 0 bridgehead atoms. The van der Waals surface area contributed by atoms with Crippen molar-refractivity contribution in [1.29, 1.82) is 5.26 Å². The molecule has 1 N–H and O–H groups in total. The van der Waals surface area contributed by atoms with Gasteiger partial charge in [-0.3, -0.25) is 14.1 Å². The molecule has 120 valence electrons. The predicted octanol–water partition coefficient (Wildman–Crippen LogP) is 2.15. The van der Waals surface area contributed by atoms with Crippen molar-refractivity contribution in [2.75, 3.05) is 6.26 Å². The van der Waals surface area contributed by atoms with Gasteiger partial charge in [0.1, 0.15) is 0 Å². The van der Waals surface area contributed by atoms with Gasteiger partial charge in [0, 0.05) is 18.1 Å². The van der Waals surface area contributed by atoms with Crippen LogP contribution in [0.1, 0.15) is 11.3 Å². The van der Waals surface area contributed by atoms with Gasteiger partial charge >= 0.3 is 0 Å². The van der Waals surface area contributed by atoms with E-state index in [-0.39, 0.29) is 5.56 Å². The third-order valence-electron chi connectivity index (χ3n) is 3.66. The number of benzene rings is 1. The molecule has 3 aromatic rings. The fourth-order valence-electron chi connectivity index (χ4n) is 2.43. The minimum Gasteiger partial charge on any atom is -0.293 e. The number of aryl methyl sites for hydroxylation is 1. The van der Waals surface area contributed by atoms with E-state index in [1.807, 2.05) is 0 Å². The lowest BCUT2D eigenvalue weighted by Gasteiger charge is -2.01. The molecule has 24 heavy (non-hydrogen) atoms. The maximum Gasteiger partial charge on any atom is 0.280 e. The summed E-state index contributed by atoms with van der Waals surface area (Å²) >= 11 is 0. The van der Waals surface area contributed by atoms with Gasteiger partial charge in [0.15, 0.2) is 5.82 Å². The number of hydrogen-bond acceptors (Lipinski definition) is 4. The SMILES string of the molecule is Cc1[nH]n(-c2ccc([S@](C)=O)cn2)c(=O)c1-c1ccc(C#N)cc1. The molecule has 3 rings (SSSR count). The fourth-order valence-corrected chi connectivity index (χ4v) is 2.89. The zero-order valence-electron chi connectivity index (χ0n) is 13.1. The molecule has 0 aliphatic carbocycles. The van der Waals surface area contributed by atoms with Gasteiger partial charge in [-0.2, -0.15) is 5.26 Å². The maximum atomic E-state index is 12.7. The molecule has 6 nitrogen and oxygen atoms in total. The summed E-state index contributed by atoms with van der Waals surface area (Å²) in [6.07, 6.45) is 3.07. The largest absolute Gasteiger partial charge is 0.293 e. The average molecular weight is 338 g/mol. The Labute approximate surface area is 140 Å². The van der Waals surface area contributed by atoms with Crippen molar-refractivity contribution in [3.05, 3.63) is 64.2 Å². The maximum absolute atomic E-state index is 12.7. The van der Waals surface area contributed by atoms with E-state index in [0.29, 0.717) is 27.5 Å². The lowest BCUT2D eigenvalue weighted by molar-refractivity contribution is 0.686. The molecule has 0 fully saturated rings. The second kappa shape index (κ2) is 6.26. The van der Waals surface area contributed by atoms with Crippen LogP contribution in [-0.2, 0) is 10.8 Å². The van der Waals surface area contributed by atoms with Gasteiger partial charge in [-0.05, 0) is 36.8 Å². The summed E-state index contributed by atoms with van der Waals surface area (Å²) < 4.78 is 12.8. The van der Waals surface area contributed by atoms with Crippen LogP contribution in [0.5, 0.6) is 0 Å². The number of aromatic amines is 1. The monoisotopic (exact) mass is 338 g/mol. The first-order valence-corrected chi connectivity index (χ1v) is 8.69. The number of nitriles is 1. The molecule has 0 amide bonds. The lowest BCUT2D eigenvalue weighted by atomic mass is 10.1. The molecule has 1 atom stereocenters. The van der Waals surface area contributed by atoms with Crippen molar-refractivity contribution in [2.24, 2.45) is 0 Å². The zero-order chi connectivity index (χ0) is 17.3. The Hall–Kier alpha value is -2.98. The summed E-state index contributed by atoms with van der Waals surface area (Å²) in [5.41, 5.74) is 2.28. The van der Waals surface area contributed by atoms with Crippen LogP contribution in [0.25, 0.3) is 16.9 Å². The Bertz CT molecular complexity index is 1010. The summed E-state index contributed by atoms with van der Waals surface area (Å²) in [6, 6.07) is 12.2. The Kier molecular flexibility index (Phi) is 4.15. The van der Waals surface area contributed by atoms with Gasteiger partial charge < -0.3 is 0 Å². The van der Waals surface area contributed by atoms with Crippen molar-refractivity contribution in [1.82, 2.24) is 14.8 Å². The van der Waals surface area contributed by atoms with Crippen LogP contribution in [0.3, 0.4) is 0 Å². The number of aromatic nitrogens is 3. The Morgan fingerprint density at radius 1 is 1.21 bits per heavy atom. The highest BCUT2D eigenvalue weighted by Gasteiger charge is 2.15. The summed E-state index contributed by atoms with van der Waals surface area (Å²) in [4.78, 5) is 17.5. The highest BCUT2D eigenvalue weighted by molar-refractivity contribution is 7.84. The molecule has 0 radical (unpaired) electrons. The van der Waals surface area contributed by atoms with Crippen LogP contribution in [0, 0.1) is 18.3 Å². The molecule has 7 heteroatoms. The highest BCUT2D eigenvalue weighted by Crippen LogP contribution is 2.20. The number of pyridine rings is 1. The summed E-state index contributed by atoms with van der Waals surface area (Å²) in [5.74, 6) is 0.428. The van der Waals surface area contributed by atoms with Gasteiger partial charge in [-0.15, -0.1) is 0 Å². The van der Waals surface area contributed by atoms with Gasteiger partial charge in [-0.1, -0.05) is 12.1 Å². The molecule has 0 aliphatic heterocycles. The quantitative estimate of drug-likeness (QED) is 0.792.